The van der Waals surface area contributed by atoms with E-state index in [0.29, 0.717) is 28.7 Å². The molecule has 4 rings (SSSR count). The van der Waals surface area contributed by atoms with Crippen LogP contribution in [0.15, 0.2) is 64.9 Å². The van der Waals surface area contributed by atoms with Crippen LogP contribution in [0.25, 0.3) is 0 Å². The van der Waals surface area contributed by atoms with Crippen molar-refractivity contribution in [1.29, 1.82) is 0 Å². The third-order valence-corrected chi connectivity index (χ3v) is 10.2. The predicted molar refractivity (Wildman–Crippen MR) is 146 cm³/mol. The van der Waals surface area contributed by atoms with Crippen molar-refractivity contribution >= 4 is 33.0 Å². The summed E-state index contributed by atoms with van der Waals surface area (Å²) < 4.78 is 33.5. The molecule has 0 radical (unpaired) electrons. The van der Waals surface area contributed by atoms with Gasteiger partial charge in [-0.25, -0.2) is 8.42 Å². The third kappa shape index (κ3) is 6.35. The zero-order valence-electron chi connectivity index (χ0n) is 21.1. The second kappa shape index (κ2) is 11.2. The van der Waals surface area contributed by atoms with E-state index < -0.39 is 10.0 Å². The fourth-order valence-corrected chi connectivity index (χ4v) is 7.13. The van der Waals surface area contributed by atoms with Gasteiger partial charge < -0.3 is 10.1 Å². The van der Waals surface area contributed by atoms with Crippen molar-refractivity contribution in [2.24, 2.45) is 0 Å². The molecule has 1 saturated heterocycles. The molecule has 1 amide bonds. The zero-order chi connectivity index (χ0) is 25.8. The lowest BCUT2D eigenvalue weighted by atomic mass is 9.82. The molecule has 6 nitrogen and oxygen atoms in total. The first-order chi connectivity index (χ1) is 17.2. The summed E-state index contributed by atoms with van der Waals surface area (Å²) in [6.45, 7) is 7.77. The molecule has 1 N–H and O–H groups in total. The summed E-state index contributed by atoms with van der Waals surface area (Å²) in [6, 6.07) is 18.7. The molecule has 36 heavy (non-hydrogen) atoms. The first-order valence-corrected chi connectivity index (χ1v) is 14.7. The summed E-state index contributed by atoms with van der Waals surface area (Å²) in [5, 5.41) is 2.88. The van der Waals surface area contributed by atoms with Gasteiger partial charge in [0.1, 0.15) is 15.7 Å². The molecule has 0 unspecified atom stereocenters. The fraction of sp³-hybridized carbons (Fsp3) is 0.393. The number of nitrogens with zero attached hydrogens (tertiary/aromatic N) is 1. The van der Waals surface area contributed by atoms with Crippen molar-refractivity contribution in [3.05, 3.63) is 71.1 Å². The number of hydrogen-bond donors (Lipinski definition) is 1. The van der Waals surface area contributed by atoms with Gasteiger partial charge in [-0.05, 0) is 78.8 Å². The molecule has 0 bridgehead atoms. The Morgan fingerprint density at radius 2 is 1.56 bits per heavy atom. The Morgan fingerprint density at radius 3 is 2.17 bits per heavy atom. The fourth-order valence-electron chi connectivity index (χ4n) is 4.11. The molecule has 8 heteroatoms. The highest BCUT2D eigenvalue weighted by Gasteiger charge is 2.27. The van der Waals surface area contributed by atoms with Gasteiger partial charge in [0.25, 0.3) is 10.0 Å². The van der Waals surface area contributed by atoms with Crippen molar-refractivity contribution < 1.29 is 17.9 Å². The van der Waals surface area contributed by atoms with E-state index in [1.807, 2.05) is 24.3 Å². The lowest BCUT2D eigenvalue weighted by Crippen LogP contribution is -2.35. The molecular weight excluding hydrogens is 492 g/mol. The highest BCUT2D eigenvalue weighted by atomic mass is 32.2. The number of rotatable bonds is 9. The van der Waals surface area contributed by atoms with Gasteiger partial charge in [0.2, 0.25) is 5.91 Å². The normalized spacial score (nSPS) is 15.0. The number of benzene rings is 2. The van der Waals surface area contributed by atoms with Crippen LogP contribution < -0.4 is 10.1 Å². The summed E-state index contributed by atoms with van der Waals surface area (Å²) in [5.74, 6) is 1.25. The van der Waals surface area contributed by atoms with E-state index in [4.69, 9.17) is 4.74 Å². The van der Waals surface area contributed by atoms with Crippen LogP contribution in [0.4, 0.5) is 5.69 Å². The van der Waals surface area contributed by atoms with E-state index in [-0.39, 0.29) is 17.7 Å². The van der Waals surface area contributed by atoms with Crippen LogP contribution in [-0.2, 0) is 26.7 Å². The Morgan fingerprint density at radius 1 is 0.944 bits per heavy atom. The van der Waals surface area contributed by atoms with Crippen LogP contribution in [0.2, 0.25) is 0 Å². The maximum absolute atomic E-state index is 12.8. The topological polar surface area (TPSA) is 75.7 Å². The molecule has 0 saturated carbocycles. The van der Waals surface area contributed by atoms with E-state index in [2.05, 4.69) is 38.2 Å². The van der Waals surface area contributed by atoms with Gasteiger partial charge in [-0.15, -0.1) is 11.3 Å². The Kier molecular flexibility index (Phi) is 8.17. The van der Waals surface area contributed by atoms with Crippen LogP contribution in [0.3, 0.4) is 0 Å². The number of anilines is 1. The summed E-state index contributed by atoms with van der Waals surface area (Å²) in [7, 11) is -3.47. The van der Waals surface area contributed by atoms with E-state index in [1.165, 1.54) is 16.9 Å². The molecule has 192 valence electrons. The number of thiophene rings is 1. The zero-order valence-corrected chi connectivity index (χ0v) is 22.8. The quantitative estimate of drug-likeness (QED) is 0.342. The molecule has 2 aromatic carbocycles. The SMILES string of the molecule is CCC(C)(C)c1ccc(Oc2ccc(NC(=O)Cc3ccc(S(=O)(=O)N4CCCCC4)s3)cc2)cc1. The average molecular weight is 527 g/mol. The molecule has 1 aromatic heterocycles. The summed E-state index contributed by atoms with van der Waals surface area (Å²) in [5.41, 5.74) is 2.06. The number of nitrogens with one attached hydrogen (secondary N) is 1. The molecule has 1 aliphatic heterocycles. The van der Waals surface area contributed by atoms with Crippen LogP contribution in [-0.4, -0.2) is 31.7 Å². The first-order valence-electron chi connectivity index (χ1n) is 12.4. The maximum Gasteiger partial charge on any atom is 0.252 e. The van der Waals surface area contributed by atoms with Gasteiger partial charge >= 0.3 is 0 Å². The number of carbonyl (C=O) groups excluding carboxylic acids is 1. The maximum atomic E-state index is 12.8. The van der Waals surface area contributed by atoms with Crippen molar-refractivity contribution in [2.45, 2.75) is 62.5 Å². The Labute approximate surface area is 218 Å². The molecule has 2 heterocycles. The van der Waals surface area contributed by atoms with Gasteiger partial charge in [-0.1, -0.05) is 39.3 Å². The minimum Gasteiger partial charge on any atom is -0.457 e. The smallest absolute Gasteiger partial charge is 0.252 e. The minimum atomic E-state index is -3.47. The number of piperidine rings is 1. The Balaban J connectivity index is 1.32. The highest BCUT2D eigenvalue weighted by molar-refractivity contribution is 7.91. The van der Waals surface area contributed by atoms with E-state index in [1.54, 1.807) is 28.6 Å². The van der Waals surface area contributed by atoms with Crippen LogP contribution in [0.1, 0.15) is 56.9 Å². The second-order valence-electron chi connectivity index (χ2n) is 9.80. The largest absolute Gasteiger partial charge is 0.457 e. The molecule has 1 fully saturated rings. The number of ether oxygens (including phenoxy) is 1. The van der Waals surface area contributed by atoms with Crippen LogP contribution in [0.5, 0.6) is 11.5 Å². The standard InChI is InChI=1S/C28H34N2O4S2/c1-4-28(2,3)21-8-12-23(13-9-21)34-24-14-10-22(11-15-24)29-26(31)20-25-16-17-27(35-25)36(32,33)30-18-6-5-7-19-30/h8-17H,4-7,18-20H2,1-3H3,(H,29,31). The second-order valence-corrected chi connectivity index (χ2v) is 13.1. The van der Waals surface area contributed by atoms with Gasteiger partial charge in [0, 0.05) is 23.7 Å². The Hall–Kier alpha value is -2.68. The molecular formula is C28H34N2O4S2. The first kappa shape index (κ1) is 26.4. The predicted octanol–water partition coefficient (Wildman–Crippen LogP) is 6.58. The summed E-state index contributed by atoms with van der Waals surface area (Å²) in [4.78, 5) is 13.3. The van der Waals surface area contributed by atoms with Gasteiger partial charge in [0.15, 0.2) is 0 Å². The van der Waals surface area contributed by atoms with Gasteiger partial charge in [-0.2, -0.15) is 4.31 Å². The average Bonchev–Trinajstić information content (AvgIpc) is 3.35. The lowest BCUT2D eigenvalue weighted by molar-refractivity contribution is -0.115. The molecule has 0 atom stereocenters. The summed E-state index contributed by atoms with van der Waals surface area (Å²) >= 11 is 1.17. The van der Waals surface area contributed by atoms with Crippen molar-refractivity contribution in [3.63, 3.8) is 0 Å². The third-order valence-electron chi connectivity index (χ3n) is 6.77. The monoisotopic (exact) mass is 526 g/mol. The van der Waals surface area contributed by atoms with Crippen LogP contribution in [0, 0.1) is 0 Å². The molecule has 1 aliphatic rings. The van der Waals surface area contributed by atoms with Crippen LogP contribution >= 0.6 is 11.3 Å². The molecule has 0 aliphatic carbocycles. The van der Waals surface area contributed by atoms with Gasteiger partial charge in [-0.3, -0.25) is 4.79 Å². The highest BCUT2D eigenvalue weighted by Crippen LogP contribution is 2.30. The Bertz CT molecular complexity index is 1270. The number of carbonyl (C=O) groups is 1. The van der Waals surface area contributed by atoms with Crippen molar-refractivity contribution in [2.75, 3.05) is 18.4 Å². The van der Waals surface area contributed by atoms with E-state index >= 15 is 0 Å². The van der Waals surface area contributed by atoms with E-state index in [0.717, 1.165) is 36.3 Å². The molecule has 0 spiro atoms. The minimum absolute atomic E-state index is 0.124. The lowest BCUT2D eigenvalue weighted by Gasteiger charge is -2.25. The van der Waals surface area contributed by atoms with Crippen molar-refractivity contribution in [3.8, 4) is 11.5 Å². The van der Waals surface area contributed by atoms with E-state index in [9.17, 15) is 13.2 Å². The number of sulfonamides is 1. The number of hydrogen-bond acceptors (Lipinski definition) is 5. The number of amides is 1. The summed E-state index contributed by atoms with van der Waals surface area (Å²) in [6.07, 6.45) is 4.05. The van der Waals surface area contributed by atoms with Gasteiger partial charge in [0.05, 0.1) is 6.42 Å². The molecule has 3 aromatic rings. The van der Waals surface area contributed by atoms with Crippen molar-refractivity contribution in [1.82, 2.24) is 4.31 Å².